The van der Waals surface area contributed by atoms with E-state index in [4.69, 9.17) is 0 Å². The molecular weight excluding hydrogens is 314 g/mol. The molecule has 0 aliphatic heterocycles. The van der Waals surface area contributed by atoms with Crippen LogP contribution in [0.25, 0.3) is 4.96 Å². The second kappa shape index (κ2) is 6.35. The molecule has 120 valence electrons. The molecule has 23 heavy (non-hydrogen) atoms. The van der Waals surface area contributed by atoms with Crippen LogP contribution in [0.1, 0.15) is 11.1 Å². The predicted octanol–water partition coefficient (Wildman–Crippen LogP) is 2.98. The van der Waals surface area contributed by atoms with E-state index in [1.54, 1.807) is 11.6 Å². The number of nitrogens with zero attached hydrogens (tertiary/aromatic N) is 4. The number of aromatic nitrogens is 2. The van der Waals surface area contributed by atoms with Crippen molar-refractivity contribution in [1.29, 1.82) is 0 Å². The minimum Gasteiger partial charge on any atom is -0.359 e. The minimum atomic E-state index is -0.402. The van der Waals surface area contributed by atoms with E-state index in [0.717, 1.165) is 12.1 Å². The highest BCUT2D eigenvalue weighted by atomic mass is 32.1. The lowest BCUT2D eigenvalue weighted by Crippen LogP contribution is -2.13. The fourth-order valence-corrected chi connectivity index (χ4v) is 3.18. The molecule has 1 aromatic carbocycles. The third-order valence-corrected chi connectivity index (χ3v) is 4.22. The van der Waals surface area contributed by atoms with Crippen molar-refractivity contribution >= 4 is 27.9 Å². The number of hydrogen-bond acceptors (Lipinski definition) is 6. The Balaban J connectivity index is 1.85. The van der Waals surface area contributed by atoms with E-state index in [1.807, 2.05) is 32.3 Å². The summed E-state index contributed by atoms with van der Waals surface area (Å²) in [6.45, 7) is 1.31. The third kappa shape index (κ3) is 3.17. The van der Waals surface area contributed by atoms with Gasteiger partial charge in [0.15, 0.2) is 0 Å². The average Bonchev–Trinajstić information content (AvgIpc) is 3.05. The van der Waals surface area contributed by atoms with E-state index < -0.39 is 4.92 Å². The zero-order valence-corrected chi connectivity index (χ0v) is 13.7. The number of nitro groups is 1. The Morgan fingerprint density at radius 3 is 2.78 bits per heavy atom. The lowest BCUT2D eigenvalue weighted by atomic mass is 10.1. The van der Waals surface area contributed by atoms with Crippen molar-refractivity contribution in [3.63, 3.8) is 0 Å². The van der Waals surface area contributed by atoms with Gasteiger partial charge < -0.3 is 20.3 Å². The van der Waals surface area contributed by atoms with Crippen LogP contribution in [0, 0.1) is 10.1 Å². The number of hydrogen-bond donors (Lipinski definition) is 1. The molecule has 0 unspecified atom stereocenters. The van der Waals surface area contributed by atoms with Gasteiger partial charge in [-0.3, -0.25) is 0 Å². The van der Waals surface area contributed by atoms with Gasteiger partial charge in [0.05, 0.1) is 0 Å². The van der Waals surface area contributed by atoms with Crippen LogP contribution in [0.3, 0.4) is 0 Å². The number of rotatable bonds is 6. The van der Waals surface area contributed by atoms with Gasteiger partial charge in [-0.15, -0.1) is 0 Å². The Morgan fingerprint density at radius 2 is 2.09 bits per heavy atom. The zero-order chi connectivity index (χ0) is 16.4. The Morgan fingerprint density at radius 1 is 1.35 bits per heavy atom. The summed E-state index contributed by atoms with van der Waals surface area (Å²) in [5, 5.41) is 16.2. The second-order valence-corrected chi connectivity index (χ2v) is 6.33. The molecular formula is C15H17N5O2S. The van der Waals surface area contributed by atoms with Crippen molar-refractivity contribution in [2.75, 3.05) is 19.4 Å². The minimum absolute atomic E-state index is 0.0219. The van der Waals surface area contributed by atoms with Crippen LogP contribution in [0.4, 0.5) is 11.6 Å². The Bertz CT molecular complexity index is 839. The molecule has 0 spiro atoms. The van der Waals surface area contributed by atoms with E-state index in [-0.39, 0.29) is 5.82 Å². The summed E-state index contributed by atoms with van der Waals surface area (Å²) in [5.74, 6) is 0.285. The largest absolute Gasteiger partial charge is 0.372 e. The maximum Gasteiger partial charge on any atom is 0.372 e. The van der Waals surface area contributed by atoms with E-state index in [1.165, 1.54) is 21.3 Å². The van der Waals surface area contributed by atoms with Crippen LogP contribution >= 0.6 is 11.3 Å². The molecule has 0 atom stereocenters. The van der Waals surface area contributed by atoms with Gasteiger partial charge >= 0.3 is 5.82 Å². The molecule has 8 heteroatoms. The first-order chi connectivity index (χ1) is 11.1. The Kier molecular flexibility index (Phi) is 4.26. The van der Waals surface area contributed by atoms with Gasteiger partial charge in [0, 0.05) is 18.5 Å². The van der Waals surface area contributed by atoms with Crippen LogP contribution in [-0.4, -0.2) is 33.3 Å². The highest BCUT2D eigenvalue weighted by Crippen LogP contribution is 2.28. The van der Waals surface area contributed by atoms with Crippen LogP contribution in [0.5, 0.6) is 0 Å². The summed E-state index contributed by atoms with van der Waals surface area (Å²) >= 11 is 1.37. The van der Waals surface area contributed by atoms with Gasteiger partial charge in [0.2, 0.25) is 5.82 Å². The molecule has 0 radical (unpaired) electrons. The van der Waals surface area contributed by atoms with Gasteiger partial charge in [0.25, 0.3) is 4.96 Å². The van der Waals surface area contributed by atoms with Gasteiger partial charge in [-0.05, 0) is 30.1 Å². The number of benzene rings is 1. The number of nitrogens with one attached hydrogen (secondary N) is 1. The van der Waals surface area contributed by atoms with E-state index in [0.29, 0.717) is 17.3 Å². The van der Waals surface area contributed by atoms with E-state index >= 15 is 0 Å². The number of anilines is 1. The van der Waals surface area contributed by atoms with Crippen LogP contribution in [0.2, 0.25) is 0 Å². The summed E-state index contributed by atoms with van der Waals surface area (Å²) in [7, 11) is 4.02. The summed E-state index contributed by atoms with van der Waals surface area (Å²) < 4.78 is 1.50. The molecule has 0 amide bonds. The first kappa shape index (κ1) is 15.4. The summed E-state index contributed by atoms with van der Waals surface area (Å²) in [6.07, 6.45) is 1.66. The molecule has 0 saturated heterocycles. The lowest BCUT2D eigenvalue weighted by Gasteiger charge is -2.14. The van der Waals surface area contributed by atoms with Gasteiger partial charge in [-0.1, -0.05) is 35.6 Å². The molecule has 1 N–H and O–H groups in total. The summed E-state index contributed by atoms with van der Waals surface area (Å²) in [4.78, 5) is 17.9. The standard InChI is InChI=1S/C15H17N5O2S/c1-18(2)10-12-6-4-3-5-11(12)9-16-13-14(20(21)22)19-7-8-23-15(19)17-13/h3-8,16H,9-10H2,1-2H3. The smallest absolute Gasteiger partial charge is 0.359 e. The summed E-state index contributed by atoms with van der Waals surface area (Å²) in [6, 6.07) is 8.06. The normalized spacial score (nSPS) is 11.3. The van der Waals surface area contributed by atoms with Gasteiger partial charge in [0.1, 0.15) is 6.20 Å². The Hall–Kier alpha value is -2.45. The predicted molar refractivity (Wildman–Crippen MR) is 90.9 cm³/mol. The zero-order valence-electron chi connectivity index (χ0n) is 12.9. The highest BCUT2D eigenvalue weighted by molar-refractivity contribution is 7.15. The van der Waals surface area contributed by atoms with Crippen LogP contribution < -0.4 is 5.32 Å². The van der Waals surface area contributed by atoms with Crippen molar-refractivity contribution in [3.8, 4) is 0 Å². The SMILES string of the molecule is CN(C)Cc1ccccc1CNc1nc2sccn2c1[N+](=O)[O-]. The maximum absolute atomic E-state index is 11.3. The molecule has 0 saturated carbocycles. The number of thiazole rings is 1. The fourth-order valence-electron chi connectivity index (χ4n) is 2.47. The van der Waals surface area contributed by atoms with Crippen molar-refractivity contribution in [1.82, 2.24) is 14.3 Å². The van der Waals surface area contributed by atoms with Crippen molar-refractivity contribution in [2.45, 2.75) is 13.1 Å². The molecule has 2 heterocycles. The molecule has 3 aromatic rings. The third-order valence-electron chi connectivity index (χ3n) is 3.46. The lowest BCUT2D eigenvalue weighted by molar-refractivity contribution is -0.389. The quantitative estimate of drug-likeness (QED) is 0.555. The summed E-state index contributed by atoms with van der Waals surface area (Å²) in [5.41, 5.74) is 2.29. The molecule has 0 fully saturated rings. The first-order valence-corrected chi connectivity index (χ1v) is 7.99. The van der Waals surface area contributed by atoms with Crippen LogP contribution in [-0.2, 0) is 13.1 Å². The molecule has 3 rings (SSSR count). The topological polar surface area (TPSA) is 75.7 Å². The van der Waals surface area contributed by atoms with Crippen molar-refractivity contribution in [3.05, 3.63) is 57.1 Å². The number of imidazole rings is 1. The van der Waals surface area contributed by atoms with E-state index in [2.05, 4.69) is 21.3 Å². The second-order valence-electron chi connectivity index (χ2n) is 5.46. The highest BCUT2D eigenvalue weighted by Gasteiger charge is 2.23. The average molecular weight is 331 g/mol. The first-order valence-electron chi connectivity index (χ1n) is 7.11. The monoisotopic (exact) mass is 331 g/mol. The Labute approximate surface area is 137 Å². The van der Waals surface area contributed by atoms with Crippen molar-refractivity contribution in [2.24, 2.45) is 0 Å². The van der Waals surface area contributed by atoms with E-state index in [9.17, 15) is 10.1 Å². The van der Waals surface area contributed by atoms with Gasteiger partial charge in [-0.2, -0.15) is 9.38 Å². The molecule has 0 aliphatic rings. The van der Waals surface area contributed by atoms with Crippen molar-refractivity contribution < 1.29 is 4.92 Å². The molecule has 0 bridgehead atoms. The van der Waals surface area contributed by atoms with Gasteiger partial charge in [-0.25, -0.2) is 0 Å². The number of fused-ring (bicyclic) bond motifs is 1. The van der Waals surface area contributed by atoms with Crippen LogP contribution in [0.15, 0.2) is 35.8 Å². The fraction of sp³-hybridized carbons (Fsp3) is 0.267. The molecule has 7 nitrogen and oxygen atoms in total. The maximum atomic E-state index is 11.3. The molecule has 0 aliphatic carbocycles. The molecule has 2 aromatic heterocycles.